The summed E-state index contributed by atoms with van der Waals surface area (Å²) in [6.45, 7) is 0. The van der Waals surface area contributed by atoms with Crippen LogP contribution in [0.25, 0.3) is 0 Å². The van der Waals surface area contributed by atoms with Crippen molar-refractivity contribution in [1.82, 2.24) is 4.98 Å². The number of halogens is 3. The normalized spacial score (nSPS) is 10.6. The molecule has 0 aliphatic rings. The first-order chi connectivity index (χ1) is 7.52. The standard InChI is InChI=1S/C8H7ClF2N2O3/c1-16-8-6(13(14)15)5(7(10)11)4(2-9)3-12-8/h3,7H,2H2,1H3. The lowest BCUT2D eigenvalue weighted by Gasteiger charge is -2.08. The fraction of sp³-hybridized carbons (Fsp3) is 0.375. The number of hydrogen-bond acceptors (Lipinski definition) is 4. The second-order valence-electron chi connectivity index (χ2n) is 2.75. The molecular weight excluding hydrogens is 246 g/mol. The van der Waals surface area contributed by atoms with Crippen LogP contribution in [0.4, 0.5) is 14.5 Å². The summed E-state index contributed by atoms with van der Waals surface area (Å²) < 4.78 is 30.0. The molecule has 0 unspecified atom stereocenters. The Morgan fingerprint density at radius 1 is 1.69 bits per heavy atom. The molecule has 0 fully saturated rings. The van der Waals surface area contributed by atoms with E-state index in [-0.39, 0.29) is 11.4 Å². The number of aromatic nitrogens is 1. The van der Waals surface area contributed by atoms with Crippen LogP contribution in [0.3, 0.4) is 0 Å². The van der Waals surface area contributed by atoms with Crippen molar-refractivity contribution in [2.45, 2.75) is 12.3 Å². The molecule has 0 bridgehead atoms. The minimum absolute atomic E-state index is 0.0795. The molecule has 88 valence electrons. The summed E-state index contributed by atoms with van der Waals surface area (Å²) in [7, 11) is 1.12. The highest BCUT2D eigenvalue weighted by Gasteiger charge is 2.30. The third-order valence-electron chi connectivity index (χ3n) is 1.88. The summed E-state index contributed by atoms with van der Waals surface area (Å²) in [5.41, 5.74) is -1.66. The van der Waals surface area contributed by atoms with Gasteiger partial charge in [0.15, 0.2) is 0 Å². The van der Waals surface area contributed by atoms with Gasteiger partial charge in [-0.2, -0.15) is 0 Å². The second kappa shape index (κ2) is 5.02. The zero-order chi connectivity index (χ0) is 12.3. The molecule has 1 aromatic heterocycles. The Hall–Kier alpha value is -1.50. The van der Waals surface area contributed by atoms with E-state index in [1.807, 2.05) is 0 Å². The van der Waals surface area contributed by atoms with Gasteiger partial charge >= 0.3 is 5.69 Å². The van der Waals surface area contributed by atoms with Crippen molar-refractivity contribution in [2.75, 3.05) is 7.11 Å². The topological polar surface area (TPSA) is 65.3 Å². The predicted molar refractivity (Wildman–Crippen MR) is 52.0 cm³/mol. The molecule has 0 radical (unpaired) electrons. The average Bonchev–Trinajstić information content (AvgIpc) is 2.26. The number of nitrogens with zero attached hydrogens (tertiary/aromatic N) is 2. The van der Waals surface area contributed by atoms with Crippen molar-refractivity contribution < 1.29 is 18.4 Å². The van der Waals surface area contributed by atoms with Crippen LogP contribution in [0.15, 0.2) is 6.20 Å². The molecule has 8 heteroatoms. The van der Waals surface area contributed by atoms with Gasteiger partial charge in [-0.05, 0) is 0 Å². The molecule has 0 atom stereocenters. The predicted octanol–water partition coefficient (Wildman–Crippen LogP) is 2.67. The molecule has 0 spiro atoms. The van der Waals surface area contributed by atoms with Gasteiger partial charge in [-0.15, -0.1) is 11.6 Å². The molecule has 0 saturated heterocycles. The van der Waals surface area contributed by atoms with Gasteiger partial charge in [0.25, 0.3) is 12.3 Å². The van der Waals surface area contributed by atoms with Gasteiger partial charge in [0.2, 0.25) is 0 Å². The second-order valence-corrected chi connectivity index (χ2v) is 3.01. The quantitative estimate of drug-likeness (QED) is 0.469. The van der Waals surface area contributed by atoms with Crippen molar-refractivity contribution in [3.05, 3.63) is 27.4 Å². The van der Waals surface area contributed by atoms with E-state index in [9.17, 15) is 18.9 Å². The molecule has 1 heterocycles. The lowest BCUT2D eigenvalue weighted by molar-refractivity contribution is -0.387. The Kier molecular flexibility index (Phi) is 3.94. The van der Waals surface area contributed by atoms with Crippen LogP contribution < -0.4 is 4.74 Å². The molecule has 16 heavy (non-hydrogen) atoms. The van der Waals surface area contributed by atoms with Gasteiger partial charge < -0.3 is 4.74 Å². The van der Waals surface area contributed by atoms with Crippen LogP contribution in [0.1, 0.15) is 17.6 Å². The Labute approximate surface area is 94.1 Å². The summed E-state index contributed by atoms with van der Waals surface area (Å²) in [4.78, 5) is 13.3. The van der Waals surface area contributed by atoms with Crippen LogP contribution in [-0.4, -0.2) is 17.0 Å². The maximum Gasteiger partial charge on any atom is 0.340 e. The molecule has 1 rings (SSSR count). The largest absolute Gasteiger partial charge is 0.476 e. The number of pyridine rings is 1. The summed E-state index contributed by atoms with van der Waals surface area (Å²) in [6, 6.07) is 0. The van der Waals surface area contributed by atoms with Crippen molar-refractivity contribution in [3.8, 4) is 5.88 Å². The number of hydrogen-bond donors (Lipinski definition) is 0. The van der Waals surface area contributed by atoms with Crippen LogP contribution in [-0.2, 0) is 5.88 Å². The van der Waals surface area contributed by atoms with E-state index in [1.165, 1.54) is 0 Å². The van der Waals surface area contributed by atoms with E-state index in [2.05, 4.69) is 9.72 Å². The lowest BCUT2D eigenvalue weighted by atomic mass is 10.1. The molecule has 0 amide bonds. The van der Waals surface area contributed by atoms with Gasteiger partial charge in [0, 0.05) is 17.6 Å². The Bertz CT molecular complexity index is 415. The van der Waals surface area contributed by atoms with Crippen molar-refractivity contribution in [1.29, 1.82) is 0 Å². The van der Waals surface area contributed by atoms with E-state index >= 15 is 0 Å². The van der Waals surface area contributed by atoms with Gasteiger partial charge in [-0.3, -0.25) is 10.1 Å². The fourth-order valence-corrected chi connectivity index (χ4v) is 1.42. The monoisotopic (exact) mass is 252 g/mol. The number of ether oxygens (including phenoxy) is 1. The molecule has 5 nitrogen and oxygen atoms in total. The van der Waals surface area contributed by atoms with E-state index < -0.39 is 28.5 Å². The van der Waals surface area contributed by atoms with Gasteiger partial charge in [0.05, 0.1) is 12.0 Å². The molecule has 0 saturated carbocycles. The zero-order valence-electron chi connectivity index (χ0n) is 8.11. The molecule has 0 aromatic carbocycles. The SMILES string of the molecule is COc1ncc(CCl)c(C(F)F)c1[N+](=O)[O-]. The van der Waals surface area contributed by atoms with Gasteiger partial charge in [-0.1, -0.05) is 0 Å². The smallest absolute Gasteiger partial charge is 0.340 e. The Balaban J connectivity index is 3.53. The van der Waals surface area contributed by atoms with E-state index in [0.717, 1.165) is 13.3 Å². The third-order valence-corrected chi connectivity index (χ3v) is 2.17. The van der Waals surface area contributed by atoms with Crippen molar-refractivity contribution in [3.63, 3.8) is 0 Å². The van der Waals surface area contributed by atoms with Crippen LogP contribution in [0, 0.1) is 10.1 Å². The fourth-order valence-electron chi connectivity index (χ4n) is 1.21. The first-order valence-electron chi connectivity index (χ1n) is 4.07. The van der Waals surface area contributed by atoms with Crippen LogP contribution >= 0.6 is 11.6 Å². The zero-order valence-corrected chi connectivity index (χ0v) is 8.87. The summed E-state index contributed by atoms with van der Waals surface area (Å²) in [5, 5.41) is 10.7. The first-order valence-corrected chi connectivity index (χ1v) is 4.60. The third kappa shape index (κ3) is 2.19. The van der Waals surface area contributed by atoms with Crippen molar-refractivity contribution in [2.24, 2.45) is 0 Å². The van der Waals surface area contributed by atoms with E-state index in [1.54, 1.807) is 0 Å². The first kappa shape index (κ1) is 12.6. The lowest BCUT2D eigenvalue weighted by Crippen LogP contribution is -2.04. The van der Waals surface area contributed by atoms with Gasteiger partial charge in [0.1, 0.15) is 5.56 Å². The summed E-state index contributed by atoms with van der Waals surface area (Å²) in [6.07, 6.45) is -1.97. The minimum Gasteiger partial charge on any atom is -0.476 e. The Morgan fingerprint density at radius 2 is 2.31 bits per heavy atom. The Morgan fingerprint density at radius 3 is 2.69 bits per heavy atom. The highest BCUT2D eigenvalue weighted by atomic mass is 35.5. The average molecular weight is 253 g/mol. The minimum atomic E-state index is -3.01. The maximum atomic E-state index is 12.7. The van der Waals surface area contributed by atoms with Gasteiger partial charge in [-0.25, -0.2) is 13.8 Å². The molecule has 0 N–H and O–H groups in total. The summed E-state index contributed by atoms with van der Waals surface area (Å²) >= 11 is 5.41. The van der Waals surface area contributed by atoms with Crippen LogP contribution in [0.2, 0.25) is 0 Å². The van der Waals surface area contributed by atoms with E-state index in [0.29, 0.717) is 0 Å². The number of nitro groups is 1. The summed E-state index contributed by atoms with van der Waals surface area (Å²) in [5.74, 6) is -0.730. The number of rotatable bonds is 4. The highest BCUT2D eigenvalue weighted by molar-refractivity contribution is 6.17. The maximum absolute atomic E-state index is 12.7. The van der Waals surface area contributed by atoms with Crippen molar-refractivity contribution >= 4 is 17.3 Å². The van der Waals surface area contributed by atoms with E-state index in [4.69, 9.17) is 11.6 Å². The highest BCUT2D eigenvalue weighted by Crippen LogP contribution is 2.37. The number of methoxy groups -OCH3 is 1. The number of alkyl halides is 3. The molecule has 1 aromatic rings. The molecule has 0 aliphatic carbocycles. The molecular formula is C8H7ClF2N2O3. The van der Waals surface area contributed by atoms with Crippen LogP contribution in [0.5, 0.6) is 5.88 Å². The molecule has 0 aliphatic heterocycles.